The standard InChI is InChI=1S/C23H31NO5/c1-26-13-14-28-22-15-19(9-10-21(22)27-2)16-24-12-6-11-23(25,17-24)18-29-20-7-4-3-5-8-20/h3-5,7-10,15,25H,6,11-14,16-18H2,1-2H3. The molecule has 2 aromatic carbocycles. The molecule has 2 aromatic rings. The van der Waals surface area contributed by atoms with E-state index in [2.05, 4.69) is 4.90 Å². The molecule has 158 valence electrons. The monoisotopic (exact) mass is 401 g/mol. The summed E-state index contributed by atoms with van der Waals surface area (Å²) in [6, 6.07) is 15.6. The molecule has 1 aliphatic rings. The molecule has 6 heteroatoms. The molecule has 1 aliphatic heterocycles. The first-order valence-electron chi connectivity index (χ1n) is 10.0. The number of hydrogen-bond acceptors (Lipinski definition) is 6. The highest BCUT2D eigenvalue weighted by Gasteiger charge is 2.34. The Labute approximate surface area is 173 Å². The molecule has 29 heavy (non-hydrogen) atoms. The first-order valence-corrected chi connectivity index (χ1v) is 10.0. The van der Waals surface area contributed by atoms with Crippen LogP contribution in [0.15, 0.2) is 48.5 Å². The molecule has 0 aromatic heterocycles. The average Bonchev–Trinajstić information content (AvgIpc) is 2.74. The first kappa shape index (κ1) is 21.4. The van der Waals surface area contributed by atoms with Crippen molar-refractivity contribution in [3.63, 3.8) is 0 Å². The summed E-state index contributed by atoms with van der Waals surface area (Å²) in [6.07, 6.45) is 1.67. The van der Waals surface area contributed by atoms with Crippen LogP contribution < -0.4 is 14.2 Å². The topological polar surface area (TPSA) is 60.4 Å². The van der Waals surface area contributed by atoms with Crippen LogP contribution in [0.2, 0.25) is 0 Å². The second kappa shape index (κ2) is 10.5. The molecular formula is C23H31NO5. The summed E-state index contributed by atoms with van der Waals surface area (Å²) in [7, 11) is 3.28. The van der Waals surface area contributed by atoms with E-state index in [0.717, 1.165) is 37.2 Å². The number of piperidine rings is 1. The first-order chi connectivity index (χ1) is 14.1. The number of methoxy groups -OCH3 is 2. The largest absolute Gasteiger partial charge is 0.493 e. The lowest BCUT2D eigenvalue weighted by molar-refractivity contribution is -0.0621. The smallest absolute Gasteiger partial charge is 0.161 e. The van der Waals surface area contributed by atoms with E-state index in [4.69, 9.17) is 18.9 Å². The van der Waals surface area contributed by atoms with Gasteiger partial charge in [0.25, 0.3) is 0 Å². The zero-order valence-corrected chi connectivity index (χ0v) is 17.3. The number of rotatable bonds is 10. The van der Waals surface area contributed by atoms with Gasteiger partial charge in [0.15, 0.2) is 11.5 Å². The van der Waals surface area contributed by atoms with E-state index in [0.29, 0.717) is 37.9 Å². The van der Waals surface area contributed by atoms with Crippen LogP contribution in [0.5, 0.6) is 17.2 Å². The van der Waals surface area contributed by atoms with Crippen LogP contribution in [0, 0.1) is 0 Å². The predicted octanol–water partition coefficient (Wildman–Crippen LogP) is 3.13. The minimum atomic E-state index is -0.849. The number of aliphatic hydroxyl groups is 1. The molecule has 0 amide bonds. The highest BCUT2D eigenvalue weighted by Crippen LogP contribution is 2.30. The SMILES string of the molecule is COCCOc1cc(CN2CCCC(O)(COc3ccccc3)C2)ccc1OC. The molecule has 0 aliphatic carbocycles. The Hall–Kier alpha value is -2.28. The Bertz CT molecular complexity index is 754. The van der Waals surface area contributed by atoms with Crippen molar-refractivity contribution in [2.75, 3.05) is 47.1 Å². The van der Waals surface area contributed by atoms with Crippen molar-refractivity contribution in [1.82, 2.24) is 4.90 Å². The van der Waals surface area contributed by atoms with Gasteiger partial charge in [-0.05, 0) is 49.2 Å². The van der Waals surface area contributed by atoms with Crippen LogP contribution in [0.1, 0.15) is 18.4 Å². The van der Waals surface area contributed by atoms with Crippen LogP contribution in [0.3, 0.4) is 0 Å². The number of hydrogen-bond donors (Lipinski definition) is 1. The molecular weight excluding hydrogens is 370 g/mol. The van der Waals surface area contributed by atoms with E-state index in [1.165, 1.54) is 0 Å². The van der Waals surface area contributed by atoms with E-state index in [9.17, 15) is 5.11 Å². The van der Waals surface area contributed by atoms with Crippen molar-refractivity contribution >= 4 is 0 Å². The van der Waals surface area contributed by atoms with Crippen molar-refractivity contribution < 1.29 is 24.1 Å². The Kier molecular flexibility index (Phi) is 7.75. The molecule has 1 heterocycles. The number of para-hydroxylation sites is 1. The van der Waals surface area contributed by atoms with E-state index < -0.39 is 5.60 Å². The molecule has 0 spiro atoms. The Morgan fingerprint density at radius 2 is 1.83 bits per heavy atom. The quantitative estimate of drug-likeness (QED) is 0.618. The average molecular weight is 402 g/mol. The fraction of sp³-hybridized carbons (Fsp3) is 0.478. The second-order valence-corrected chi connectivity index (χ2v) is 7.47. The summed E-state index contributed by atoms with van der Waals surface area (Å²) in [5.74, 6) is 2.20. The number of β-amino-alcohol motifs (C(OH)–C–C–N with tert-alkyl or cyclic N) is 1. The van der Waals surface area contributed by atoms with Crippen molar-refractivity contribution in [2.45, 2.75) is 25.0 Å². The third-order valence-electron chi connectivity index (χ3n) is 5.06. The van der Waals surface area contributed by atoms with Crippen LogP contribution >= 0.6 is 0 Å². The summed E-state index contributed by atoms with van der Waals surface area (Å²) < 4.78 is 22.1. The van der Waals surface area contributed by atoms with E-state index >= 15 is 0 Å². The maximum Gasteiger partial charge on any atom is 0.161 e. The Balaban J connectivity index is 1.59. The third kappa shape index (κ3) is 6.35. The Morgan fingerprint density at radius 3 is 2.59 bits per heavy atom. The molecule has 1 N–H and O–H groups in total. The lowest BCUT2D eigenvalue weighted by Gasteiger charge is -2.39. The van der Waals surface area contributed by atoms with Crippen LogP contribution in [-0.2, 0) is 11.3 Å². The molecule has 1 unspecified atom stereocenters. The fourth-order valence-corrected chi connectivity index (χ4v) is 3.62. The summed E-state index contributed by atoms with van der Waals surface area (Å²) in [4.78, 5) is 2.26. The normalized spacial score (nSPS) is 19.7. The van der Waals surface area contributed by atoms with Crippen LogP contribution in [-0.4, -0.2) is 62.7 Å². The van der Waals surface area contributed by atoms with Crippen molar-refractivity contribution in [3.8, 4) is 17.2 Å². The molecule has 0 bridgehead atoms. The zero-order valence-electron chi connectivity index (χ0n) is 17.3. The molecule has 1 saturated heterocycles. The number of ether oxygens (including phenoxy) is 4. The number of benzene rings is 2. The molecule has 1 fully saturated rings. The molecule has 0 saturated carbocycles. The Morgan fingerprint density at radius 1 is 1.00 bits per heavy atom. The summed E-state index contributed by atoms with van der Waals surface area (Å²) in [6.45, 7) is 3.54. The molecule has 3 rings (SSSR count). The van der Waals surface area contributed by atoms with Crippen molar-refractivity contribution in [3.05, 3.63) is 54.1 Å². The predicted molar refractivity (Wildman–Crippen MR) is 112 cm³/mol. The molecule has 0 radical (unpaired) electrons. The van der Waals surface area contributed by atoms with Crippen LogP contribution in [0.4, 0.5) is 0 Å². The molecule has 6 nitrogen and oxygen atoms in total. The van der Waals surface area contributed by atoms with E-state index in [-0.39, 0.29) is 0 Å². The van der Waals surface area contributed by atoms with Gasteiger partial charge in [-0.2, -0.15) is 0 Å². The van der Waals surface area contributed by atoms with Gasteiger partial charge in [-0.15, -0.1) is 0 Å². The van der Waals surface area contributed by atoms with Gasteiger partial charge in [-0.3, -0.25) is 4.90 Å². The summed E-state index contributed by atoms with van der Waals surface area (Å²) in [5.41, 5.74) is 0.268. The van der Waals surface area contributed by atoms with Gasteiger partial charge >= 0.3 is 0 Å². The highest BCUT2D eigenvalue weighted by atomic mass is 16.5. The lowest BCUT2D eigenvalue weighted by Crippen LogP contribution is -2.51. The van der Waals surface area contributed by atoms with Crippen molar-refractivity contribution in [1.29, 1.82) is 0 Å². The van der Waals surface area contributed by atoms with Gasteiger partial charge in [0, 0.05) is 20.2 Å². The maximum absolute atomic E-state index is 11.0. The fourth-order valence-electron chi connectivity index (χ4n) is 3.62. The number of nitrogens with zero attached hydrogens (tertiary/aromatic N) is 1. The van der Waals surface area contributed by atoms with Gasteiger partial charge in [0.2, 0.25) is 0 Å². The third-order valence-corrected chi connectivity index (χ3v) is 5.06. The maximum atomic E-state index is 11.0. The molecule has 1 atom stereocenters. The zero-order chi connectivity index (χ0) is 20.5. The van der Waals surface area contributed by atoms with Crippen LogP contribution in [0.25, 0.3) is 0 Å². The van der Waals surface area contributed by atoms with Gasteiger partial charge in [-0.1, -0.05) is 24.3 Å². The van der Waals surface area contributed by atoms with Gasteiger partial charge in [0.05, 0.1) is 13.7 Å². The van der Waals surface area contributed by atoms with E-state index in [1.54, 1.807) is 14.2 Å². The highest BCUT2D eigenvalue weighted by molar-refractivity contribution is 5.43. The lowest BCUT2D eigenvalue weighted by atomic mass is 9.93. The minimum absolute atomic E-state index is 0.293. The van der Waals surface area contributed by atoms with Gasteiger partial charge in [0.1, 0.15) is 24.6 Å². The van der Waals surface area contributed by atoms with Gasteiger partial charge < -0.3 is 24.1 Å². The summed E-state index contributed by atoms with van der Waals surface area (Å²) in [5, 5.41) is 11.0. The van der Waals surface area contributed by atoms with Crippen molar-refractivity contribution in [2.24, 2.45) is 0 Å². The number of likely N-dealkylation sites (tertiary alicyclic amines) is 1. The van der Waals surface area contributed by atoms with Gasteiger partial charge in [-0.25, -0.2) is 0 Å². The minimum Gasteiger partial charge on any atom is -0.493 e. The second-order valence-electron chi connectivity index (χ2n) is 7.47. The summed E-state index contributed by atoms with van der Waals surface area (Å²) >= 11 is 0. The van der Waals surface area contributed by atoms with E-state index in [1.807, 2.05) is 48.5 Å².